The molecule has 3 rings (SSSR count). The van der Waals surface area contributed by atoms with E-state index < -0.39 is 0 Å². The van der Waals surface area contributed by atoms with Gasteiger partial charge in [0, 0.05) is 29.5 Å². The zero-order valence-electron chi connectivity index (χ0n) is 9.98. The summed E-state index contributed by atoms with van der Waals surface area (Å²) in [7, 11) is 0. The molecule has 1 aromatic rings. The van der Waals surface area contributed by atoms with Crippen LogP contribution in [0.5, 0.6) is 0 Å². The highest BCUT2D eigenvalue weighted by Crippen LogP contribution is 2.37. The molecular weight excluding hydrogens is 274 g/mol. The zero-order chi connectivity index (χ0) is 11.7. The Kier molecular flexibility index (Phi) is 3.34. The van der Waals surface area contributed by atoms with E-state index in [1.54, 1.807) is 0 Å². The molecule has 2 heteroatoms. The number of nitrogens with zero attached hydrogens (tertiary/aromatic N) is 1. The Balaban J connectivity index is 1.74. The summed E-state index contributed by atoms with van der Waals surface area (Å²) >= 11 is 3.51. The van der Waals surface area contributed by atoms with Crippen molar-refractivity contribution in [3.63, 3.8) is 0 Å². The molecule has 2 aliphatic heterocycles. The quantitative estimate of drug-likeness (QED) is 0.708. The van der Waals surface area contributed by atoms with Crippen LogP contribution in [0.4, 0.5) is 0 Å². The summed E-state index contributed by atoms with van der Waals surface area (Å²) < 4.78 is 1.18. The van der Waals surface area contributed by atoms with Crippen molar-refractivity contribution in [1.82, 2.24) is 4.90 Å². The average Bonchev–Trinajstić information content (AvgIpc) is 2.30. The number of hydrogen-bond donors (Lipinski definition) is 0. The normalized spacial score (nSPS) is 30.9. The predicted molar refractivity (Wildman–Crippen MR) is 75.2 cm³/mol. The van der Waals surface area contributed by atoms with E-state index in [4.69, 9.17) is 0 Å². The Bertz CT molecular complexity index is 409. The molecule has 0 aliphatic carbocycles. The van der Waals surface area contributed by atoms with Crippen LogP contribution in [0, 0.1) is 0 Å². The second-order valence-corrected chi connectivity index (χ2v) is 6.00. The minimum Gasteiger partial charge on any atom is -0.295 e. The summed E-state index contributed by atoms with van der Waals surface area (Å²) in [6.45, 7) is 2.38. The van der Waals surface area contributed by atoms with Crippen molar-refractivity contribution in [2.24, 2.45) is 0 Å². The third-order valence-electron chi connectivity index (χ3n) is 4.04. The van der Waals surface area contributed by atoms with Gasteiger partial charge in [0.2, 0.25) is 0 Å². The summed E-state index contributed by atoms with van der Waals surface area (Å²) in [5.41, 5.74) is 1.51. The smallest absolute Gasteiger partial charge is 0.0180 e. The highest BCUT2D eigenvalue weighted by Gasteiger charge is 2.38. The molecule has 2 heterocycles. The van der Waals surface area contributed by atoms with E-state index in [2.05, 4.69) is 57.2 Å². The average molecular weight is 292 g/mol. The van der Waals surface area contributed by atoms with Crippen LogP contribution in [-0.2, 0) is 0 Å². The van der Waals surface area contributed by atoms with Crippen LogP contribution in [0.25, 0.3) is 0 Å². The van der Waals surface area contributed by atoms with Crippen molar-refractivity contribution in [3.8, 4) is 0 Å². The van der Waals surface area contributed by atoms with Gasteiger partial charge in [-0.1, -0.05) is 40.2 Å². The summed E-state index contributed by atoms with van der Waals surface area (Å²) in [5.74, 6) is 0.759. The summed E-state index contributed by atoms with van der Waals surface area (Å²) in [5, 5.41) is 0. The van der Waals surface area contributed by atoms with Crippen molar-refractivity contribution >= 4 is 15.9 Å². The third-order valence-corrected chi connectivity index (χ3v) is 4.57. The molecule has 2 aliphatic rings. The minimum atomic E-state index is 0.759. The van der Waals surface area contributed by atoms with Gasteiger partial charge in [-0.25, -0.2) is 0 Å². The third kappa shape index (κ3) is 2.34. The lowest BCUT2D eigenvalue weighted by molar-refractivity contribution is 0.0631. The van der Waals surface area contributed by atoms with Gasteiger partial charge in [-0.3, -0.25) is 4.90 Å². The van der Waals surface area contributed by atoms with Crippen LogP contribution in [0.15, 0.2) is 40.9 Å². The van der Waals surface area contributed by atoms with Crippen molar-refractivity contribution < 1.29 is 0 Å². The molecule has 90 valence electrons. The second-order valence-electron chi connectivity index (χ2n) is 5.08. The van der Waals surface area contributed by atoms with E-state index in [9.17, 15) is 0 Å². The fraction of sp³-hybridized carbons (Fsp3) is 0.467. The fourth-order valence-corrected chi connectivity index (χ4v) is 3.29. The number of rotatable bonds is 1. The zero-order valence-corrected chi connectivity index (χ0v) is 11.6. The first kappa shape index (κ1) is 11.5. The summed E-state index contributed by atoms with van der Waals surface area (Å²) in [6.07, 6.45) is 8.63. The van der Waals surface area contributed by atoms with Gasteiger partial charge in [0.05, 0.1) is 0 Å². The molecule has 1 saturated heterocycles. The van der Waals surface area contributed by atoms with E-state index in [0.29, 0.717) is 0 Å². The first-order valence-electron chi connectivity index (χ1n) is 6.49. The Hall–Kier alpha value is -0.600. The molecule has 0 aromatic heterocycles. The molecule has 0 unspecified atom stereocenters. The Morgan fingerprint density at radius 3 is 2.76 bits per heavy atom. The molecule has 17 heavy (non-hydrogen) atoms. The SMILES string of the molecule is Brc1ccc([C@H]2CN3C/C=C\CCC[C@@H]23)cc1. The van der Waals surface area contributed by atoms with E-state index in [1.807, 2.05) is 0 Å². The second kappa shape index (κ2) is 4.95. The number of halogens is 1. The predicted octanol–water partition coefficient (Wildman–Crippen LogP) is 3.96. The largest absolute Gasteiger partial charge is 0.295 e. The first-order valence-corrected chi connectivity index (χ1v) is 7.28. The Morgan fingerprint density at radius 1 is 1.12 bits per heavy atom. The molecule has 0 amide bonds. The van der Waals surface area contributed by atoms with Crippen molar-refractivity contribution in [1.29, 1.82) is 0 Å². The number of benzene rings is 1. The minimum absolute atomic E-state index is 0.759. The van der Waals surface area contributed by atoms with Crippen LogP contribution in [0.2, 0.25) is 0 Å². The lowest BCUT2D eigenvalue weighted by atomic mass is 9.79. The van der Waals surface area contributed by atoms with Crippen molar-refractivity contribution in [2.75, 3.05) is 13.1 Å². The summed E-state index contributed by atoms with van der Waals surface area (Å²) in [4.78, 5) is 2.61. The fourth-order valence-electron chi connectivity index (χ4n) is 3.03. The van der Waals surface area contributed by atoms with Gasteiger partial charge in [0.25, 0.3) is 0 Å². The van der Waals surface area contributed by atoms with Crippen LogP contribution >= 0.6 is 15.9 Å². The highest BCUT2D eigenvalue weighted by molar-refractivity contribution is 9.10. The topological polar surface area (TPSA) is 3.24 Å². The monoisotopic (exact) mass is 291 g/mol. The standard InChI is InChI=1S/C15H18BrN/c16-13-8-6-12(7-9-13)14-11-17-10-4-2-1-3-5-15(14)17/h2,4,6-9,14-15H,1,3,5,10-11H2/b4-2-/t14-,15+/m1/s1. The van der Waals surface area contributed by atoms with Crippen LogP contribution < -0.4 is 0 Å². The number of hydrogen-bond acceptors (Lipinski definition) is 1. The Labute approximate surface area is 112 Å². The first-order chi connectivity index (χ1) is 8.34. The van der Waals surface area contributed by atoms with Gasteiger partial charge < -0.3 is 0 Å². The molecule has 1 nitrogen and oxygen atoms in total. The molecular formula is C15H18BrN. The maximum Gasteiger partial charge on any atom is 0.0180 e. The van der Waals surface area contributed by atoms with E-state index >= 15 is 0 Å². The molecule has 1 aromatic carbocycles. The highest BCUT2D eigenvalue weighted by atomic mass is 79.9. The van der Waals surface area contributed by atoms with Crippen molar-refractivity contribution in [3.05, 3.63) is 46.5 Å². The maximum atomic E-state index is 3.51. The van der Waals surface area contributed by atoms with Gasteiger partial charge in [-0.2, -0.15) is 0 Å². The van der Waals surface area contributed by atoms with Gasteiger partial charge >= 0.3 is 0 Å². The Morgan fingerprint density at radius 2 is 1.94 bits per heavy atom. The molecule has 0 spiro atoms. The van der Waals surface area contributed by atoms with E-state index in [-0.39, 0.29) is 0 Å². The lowest BCUT2D eigenvalue weighted by Crippen LogP contribution is -2.54. The van der Waals surface area contributed by atoms with Gasteiger partial charge in [-0.15, -0.1) is 0 Å². The van der Waals surface area contributed by atoms with Crippen LogP contribution in [0.1, 0.15) is 30.7 Å². The van der Waals surface area contributed by atoms with Gasteiger partial charge in [-0.05, 0) is 37.0 Å². The van der Waals surface area contributed by atoms with E-state index in [0.717, 1.165) is 18.5 Å². The van der Waals surface area contributed by atoms with Crippen LogP contribution in [0.3, 0.4) is 0 Å². The van der Waals surface area contributed by atoms with Gasteiger partial charge in [0.15, 0.2) is 0 Å². The molecule has 2 atom stereocenters. The maximum absolute atomic E-state index is 3.51. The van der Waals surface area contributed by atoms with Crippen molar-refractivity contribution in [2.45, 2.75) is 31.2 Å². The molecule has 0 N–H and O–H groups in total. The number of allylic oxidation sites excluding steroid dienone is 1. The van der Waals surface area contributed by atoms with Gasteiger partial charge in [0.1, 0.15) is 0 Å². The molecule has 1 fully saturated rings. The summed E-state index contributed by atoms with van der Waals surface area (Å²) in [6, 6.07) is 9.67. The van der Waals surface area contributed by atoms with Crippen LogP contribution in [-0.4, -0.2) is 24.0 Å². The molecule has 0 saturated carbocycles. The number of fused-ring (bicyclic) bond motifs is 1. The molecule has 0 radical (unpaired) electrons. The lowest BCUT2D eigenvalue weighted by Gasteiger charge is -2.49. The molecule has 0 bridgehead atoms. The van der Waals surface area contributed by atoms with E-state index in [1.165, 1.54) is 35.8 Å².